The summed E-state index contributed by atoms with van der Waals surface area (Å²) >= 11 is 0. The topological polar surface area (TPSA) is 41.8 Å². The van der Waals surface area contributed by atoms with Crippen molar-refractivity contribution >= 4 is 17.0 Å². The van der Waals surface area contributed by atoms with E-state index in [1.54, 1.807) is 0 Å². The normalized spacial score (nSPS) is 10.5. The summed E-state index contributed by atoms with van der Waals surface area (Å²) in [6.45, 7) is 4.29. The number of fused-ring (bicyclic) bond motifs is 1. The third-order valence-electron chi connectivity index (χ3n) is 2.16. The van der Waals surface area contributed by atoms with Gasteiger partial charge in [0.05, 0.1) is 0 Å². The largest absolute Gasteiger partial charge is 0.355 e. The molecule has 0 aliphatic rings. The van der Waals surface area contributed by atoms with Gasteiger partial charge in [0.1, 0.15) is 0 Å². The summed E-state index contributed by atoms with van der Waals surface area (Å²) in [6.07, 6.45) is 1.81. The molecule has 0 fully saturated rings. The second-order valence-corrected chi connectivity index (χ2v) is 3.05. The smallest absolute Gasteiger partial charge is 0.0461 e. The second-order valence-electron chi connectivity index (χ2n) is 3.05. The van der Waals surface area contributed by atoms with Gasteiger partial charge in [0, 0.05) is 23.1 Å². The Morgan fingerprint density at radius 2 is 2.23 bits per heavy atom. The third-order valence-corrected chi connectivity index (χ3v) is 2.16. The van der Waals surface area contributed by atoms with Crippen molar-refractivity contribution < 1.29 is 0 Å². The number of nitrogens with two attached hydrogens (primary N) is 1. The van der Waals surface area contributed by atoms with Gasteiger partial charge >= 0.3 is 0 Å². The zero-order valence-corrected chi connectivity index (χ0v) is 7.38. The van der Waals surface area contributed by atoms with Crippen LogP contribution in [0.15, 0.2) is 30.8 Å². The van der Waals surface area contributed by atoms with Crippen molar-refractivity contribution in [3.05, 3.63) is 42.1 Å². The zero-order chi connectivity index (χ0) is 9.26. The van der Waals surface area contributed by atoms with E-state index in [4.69, 9.17) is 5.73 Å². The molecule has 0 saturated heterocycles. The number of hydrogen-bond acceptors (Lipinski definition) is 1. The Labute approximate surface area is 77.1 Å². The number of aromatic amines is 1. The second kappa shape index (κ2) is 3.07. The van der Waals surface area contributed by atoms with E-state index in [1.807, 2.05) is 12.1 Å². The standard InChI is InChI=1S/C11H12N2/c1-2-10-6-9-4-3-8(7-12)5-11(9)13-10/h2-6,13H,1,7,12H2. The van der Waals surface area contributed by atoms with Gasteiger partial charge in [-0.05, 0) is 23.8 Å². The average Bonchev–Trinajstić information content (AvgIpc) is 2.58. The molecule has 13 heavy (non-hydrogen) atoms. The van der Waals surface area contributed by atoms with Crippen molar-refractivity contribution in [2.45, 2.75) is 6.54 Å². The fourth-order valence-electron chi connectivity index (χ4n) is 1.43. The lowest BCUT2D eigenvalue weighted by atomic mass is 10.2. The SMILES string of the molecule is C=Cc1cc2ccc(CN)cc2[nH]1. The number of nitrogens with one attached hydrogen (secondary N) is 1. The van der Waals surface area contributed by atoms with Gasteiger partial charge in [0.15, 0.2) is 0 Å². The Bertz CT molecular complexity index is 440. The first-order chi connectivity index (χ1) is 6.33. The molecule has 2 rings (SSSR count). The number of aromatic nitrogens is 1. The number of H-pyrrole nitrogens is 1. The maximum atomic E-state index is 5.55. The first-order valence-corrected chi connectivity index (χ1v) is 4.27. The van der Waals surface area contributed by atoms with Crippen LogP contribution >= 0.6 is 0 Å². The molecular formula is C11H12N2. The quantitative estimate of drug-likeness (QED) is 0.716. The minimum absolute atomic E-state index is 0.582. The Morgan fingerprint density at radius 1 is 1.38 bits per heavy atom. The van der Waals surface area contributed by atoms with Gasteiger partial charge in [-0.3, -0.25) is 0 Å². The van der Waals surface area contributed by atoms with Crippen LogP contribution in [0.5, 0.6) is 0 Å². The highest BCUT2D eigenvalue weighted by atomic mass is 14.7. The summed E-state index contributed by atoms with van der Waals surface area (Å²) in [4.78, 5) is 3.25. The summed E-state index contributed by atoms with van der Waals surface area (Å²) in [7, 11) is 0. The molecule has 2 heteroatoms. The molecule has 0 saturated carbocycles. The van der Waals surface area contributed by atoms with E-state index in [2.05, 4.69) is 29.8 Å². The van der Waals surface area contributed by atoms with Gasteiger partial charge in [0.2, 0.25) is 0 Å². The maximum Gasteiger partial charge on any atom is 0.0461 e. The van der Waals surface area contributed by atoms with Crippen molar-refractivity contribution in [2.24, 2.45) is 5.73 Å². The fraction of sp³-hybridized carbons (Fsp3) is 0.0909. The molecule has 66 valence electrons. The first kappa shape index (κ1) is 8.08. The van der Waals surface area contributed by atoms with Crippen LogP contribution in [-0.4, -0.2) is 4.98 Å². The Morgan fingerprint density at radius 3 is 2.92 bits per heavy atom. The Hall–Kier alpha value is -1.54. The minimum atomic E-state index is 0.582. The predicted octanol–water partition coefficient (Wildman–Crippen LogP) is 2.27. The number of rotatable bonds is 2. The molecule has 0 radical (unpaired) electrons. The molecule has 0 unspecified atom stereocenters. The van der Waals surface area contributed by atoms with E-state index in [0.29, 0.717) is 6.54 Å². The van der Waals surface area contributed by atoms with Crippen LogP contribution in [-0.2, 0) is 6.54 Å². The average molecular weight is 172 g/mol. The lowest BCUT2D eigenvalue weighted by Crippen LogP contribution is -1.94. The molecule has 1 heterocycles. The molecular weight excluding hydrogens is 160 g/mol. The van der Waals surface area contributed by atoms with Crippen molar-refractivity contribution in [3.63, 3.8) is 0 Å². The van der Waals surface area contributed by atoms with E-state index < -0.39 is 0 Å². The molecule has 0 aliphatic carbocycles. The lowest BCUT2D eigenvalue weighted by molar-refractivity contribution is 1.07. The molecule has 0 amide bonds. The van der Waals surface area contributed by atoms with Gasteiger partial charge in [-0.1, -0.05) is 18.7 Å². The Kier molecular flexibility index (Phi) is 1.91. The summed E-state index contributed by atoms with van der Waals surface area (Å²) in [6, 6.07) is 8.26. The summed E-state index contributed by atoms with van der Waals surface area (Å²) in [5.74, 6) is 0. The zero-order valence-electron chi connectivity index (χ0n) is 7.38. The van der Waals surface area contributed by atoms with Crippen LogP contribution in [0.1, 0.15) is 11.3 Å². The third kappa shape index (κ3) is 1.36. The molecule has 3 N–H and O–H groups in total. The van der Waals surface area contributed by atoms with Crippen LogP contribution in [0, 0.1) is 0 Å². The van der Waals surface area contributed by atoms with E-state index in [0.717, 1.165) is 16.8 Å². The molecule has 0 aliphatic heterocycles. The van der Waals surface area contributed by atoms with Crippen molar-refractivity contribution in [1.82, 2.24) is 4.98 Å². The van der Waals surface area contributed by atoms with Crippen molar-refractivity contribution in [3.8, 4) is 0 Å². The summed E-state index contributed by atoms with van der Waals surface area (Å²) < 4.78 is 0. The van der Waals surface area contributed by atoms with Crippen LogP contribution in [0.2, 0.25) is 0 Å². The first-order valence-electron chi connectivity index (χ1n) is 4.27. The van der Waals surface area contributed by atoms with E-state index >= 15 is 0 Å². The minimum Gasteiger partial charge on any atom is -0.355 e. The van der Waals surface area contributed by atoms with Crippen LogP contribution in [0.3, 0.4) is 0 Å². The van der Waals surface area contributed by atoms with Crippen LogP contribution in [0.4, 0.5) is 0 Å². The van der Waals surface area contributed by atoms with Gasteiger partial charge in [-0.25, -0.2) is 0 Å². The van der Waals surface area contributed by atoms with Gasteiger partial charge < -0.3 is 10.7 Å². The highest BCUT2D eigenvalue weighted by Crippen LogP contribution is 2.17. The van der Waals surface area contributed by atoms with Crippen LogP contribution in [0.25, 0.3) is 17.0 Å². The van der Waals surface area contributed by atoms with Gasteiger partial charge in [-0.15, -0.1) is 0 Å². The highest BCUT2D eigenvalue weighted by Gasteiger charge is 1.98. The number of benzene rings is 1. The highest BCUT2D eigenvalue weighted by molar-refractivity contribution is 5.83. The molecule has 0 bridgehead atoms. The predicted molar refractivity (Wildman–Crippen MR) is 56.3 cm³/mol. The summed E-state index contributed by atoms with van der Waals surface area (Å²) in [5, 5.41) is 1.20. The van der Waals surface area contributed by atoms with Gasteiger partial charge in [-0.2, -0.15) is 0 Å². The summed E-state index contributed by atoms with van der Waals surface area (Å²) in [5.41, 5.74) is 8.86. The molecule has 2 nitrogen and oxygen atoms in total. The van der Waals surface area contributed by atoms with Crippen molar-refractivity contribution in [2.75, 3.05) is 0 Å². The van der Waals surface area contributed by atoms with Gasteiger partial charge in [0.25, 0.3) is 0 Å². The molecule has 0 spiro atoms. The van der Waals surface area contributed by atoms with Crippen LogP contribution < -0.4 is 5.73 Å². The fourth-order valence-corrected chi connectivity index (χ4v) is 1.43. The monoisotopic (exact) mass is 172 g/mol. The molecule has 0 atom stereocenters. The molecule has 2 aromatic rings. The van der Waals surface area contributed by atoms with Crippen molar-refractivity contribution in [1.29, 1.82) is 0 Å². The van der Waals surface area contributed by atoms with E-state index in [9.17, 15) is 0 Å². The number of hydrogen-bond donors (Lipinski definition) is 2. The molecule has 1 aromatic heterocycles. The lowest BCUT2D eigenvalue weighted by Gasteiger charge is -1.95. The van der Waals surface area contributed by atoms with E-state index in [1.165, 1.54) is 5.39 Å². The van der Waals surface area contributed by atoms with E-state index in [-0.39, 0.29) is 0 Å². The Balaban J connectivity index is 2.63. The maximum absolute atomic E-state index is 5.55. The molecule has 1 aromatic carbocycles.